The van der Waals surface area contributed by atoms with Crippen LogP contribution < -0.4 is 15.4 Å². The molecule has 154 valence electrons. The molecule has 1 saturated heterocycles. The van der Waals surface area contributed by atoms with Crippen molar-refractivity contribution in [3.05, 3.63) is 59.9 Å². The SMILES string of the molecule is Cc1ccc(NC(=O)NCC2CCCN(C(=O)COc3ccccc3F)C2)cc1. The fraction of sp³-hybridized carbons (Fsp3) is 0.364. The van der Waals surface area contributed by atoms with Crippen molar-refractivity contribution in [1.29, 1.82) is 0 Å². The highest BCUT2D eigenvalue weighted by Gasteiger charge is 2.24. The Morgan fingerprint density at radius 3 is 2.69 bits per heavy atom. The van der Waals surface area contributed by atoms with Gasteiger partial charge in [0.05, 0.1) is 0 Å². The van der Waals surface area contributed by atoms with Crippen LogP contribution in [0.1, 0.15) is 18.4 Å². The van der Waals surface area contributed by atoms with Crippen LogP contribution in [0.4, 0.5) is 14.9 Å². The summed E-state index contributed by atoms with van der Waals surface area (Å²) in [5.74, 6) is -0.420. The molecule has 0 saturated carbocycles. The van der Waals surface area contributed by atoms with E-state index < -0.39 is 5.82 Å². The zero-order chi connectivity index (χ0) is 20.6. The standard InChI is InChI=1S/C22H26FN3O3/c1-16-8-10-18(11-9-16)25-22(28)24-13-17-5-4-12-26(14-17)21(27)15-29-20-7-3-2-6-19(20)23/h2-3,6-11,17H,4-5,12-15H2,1H3,(H2,24,25,28). The van der Waals surface area contributed by atoms with Gasteiger partial charge < -0.3 is 20.3 Å². The third kappa shape index (κ3) is 6.20. The maximum Gasteiger partial charge on any atom is 0.319 e. The first-order valence-corrected chi connectivity index (χ1v) is 9.78. The van der Waals surface area contributed by atoms with Gasteiger partial charge in [-0.3, -0.25) is 4.79 Å². The molecule has 1 heterocycles. The van der Waals surface area contributed by atoms with Crippen LogP contribution in [0.25, 0.3) is 0 Å². The second kappa shape index (κ2) is 9.91. The van der Waals surface area contributed by atoms with Crippen molar-refractivity contribution >= 4 is 17.6 Å². The fourth-order valence-corrected chi connectivity index (χ4v) is 3.30. The van der Waals surface area contributed by atoms with Crippen LogP contribution in [-0.4, -0.2) is 43.1 Å². The molecule has 2 aromatic carbocycles. The van der Waals surface area contributed by atoms with Crippen LogP contribution in [-0.2, 0) is 4.79 Å². The maximum atomic E-state index is 13.6. The number of nitrogens with one attached hydrogen (secondary N) is 2. The van der Waals surface area contributed by atoms with Crippen LogP contribution in [0.3, 0.4) is 0 Å². The van der Waals surface area contributed by atoms with Crippen LogP contribution in [0.5, 0.6) is 5.75 Å². The summed E-state index contributed by atoms with van der Waals surface area (Å²) in [4.78, 5) is 26.2. The first-order valence-electron chi connectivity index (χ1n) is 9.78. The van der Waals surface area contributed by atoms with Gasteiger partial charge in [0.15, 0.2) is 18.2 Å². The average Bonchev–Trinajstić information content (AvgIpc) is 2.73. The summed E-state index contributed by atoms with van der Waals surface area (Å²) in [5, 5.41) is 5.67. The zero-order valence-electron chi connectivity index (χ0n) is 16.5. The van der Waals surface area contributed by atoms with Crippen LogP contribution >= 0.6 is 0 Å². The number of amides is 3. The van der Waals surface area contributed by atoms with Crippen molar-refractivity contribution < 1.29 is 18.7 Å². The van der Waals surface area contributed by atoms with E-state index in [4.69, 9.17) is 4.74 Å². The number of nitrogens with zero attached hydrogens (tertiary/aromatic N) is 1. The van der Waals surface area contributed by atoms with E-state index in [2.05, 4.69) is 10.6 Å². The Hall–Kier alpha value is -3.09. The molecule has 1 aliphatic heterocycles. The second-order valence-electron chi connectivity index (χ2n) is 7.27. The number of anilines is 1. The predicted molar refractivity (Wildman–Crippen MR) is 109 cm³/mol. The van der Waals surface area contributed by atoms with E-state index in [9.17, 15) is 14.0 Å². The van der Waals surface area contributed by atoms with E-state index in [1.807, 2.05) is 31.2 Å². The van der Waals surface area contributed by atoms with E-state index >= 15 is 0 Å². The minimum Gasteiger partial charge on any atom is -0.481 e. The summed E-state index contributed by atoms with van der Waals surface area (Å²) >= 11 is 0. The first kappa shape index (κ1) is 20.6. The smallest absolute Gasteiger partial charge is 0.319 e. The molecule has 2 aromatic rings. The topological polar surface area (TPSA) is 70.7 Å². The second-order valence-corrected chi connectivity index (χ2v) is 7.27. The van der Waals surface area contributed by atoms with Gasteiger partial charge in [0, 0.05) is 25.3 Å². The summed E-state index contributed by atoms with van der Waals surface area (Å²) in [6, 6.07) is 13.3. The van der Waals surface area contributed by atoms with Gasteiger partial charge in [-0.15, -0.1) is 0 Å². The van der Waals surface area contributed by atoms with Crippen LogP contribution in [0.15, 0.2) is 48.5 Å². The van der Waals surface area contributed by atoms with Crippen molar-refractivity contribution in [2.45, 2.75) is 19.8 Å². The van der Waals surface area contributed by atoms with Gasteiger partial charge in [-0.25, -0.2) is 9.18 Å². The molecule has 1 fully saturated rings. The summed E-state index contributed by atoms with van der Waals surface area (Å²) in [6.45, 7) is 3.46. The molecule has 0 aliphatic carbocycles. The third-order valence-electron chi connectivity index (χ3n) is 4.92. The molecule has 0 spiro atoms. The molecule has 0 bridgehead atoms. The number of carbonyl (C=O) groups is 2. The number of hydrogen-bond acceptors (Lipinski definition) is 3. The number of hydrogen-bond donors (Lipinski definition) is 2. The molecule has 29 heavy (non-hydrogen) atoms. The Morgan fingerprint density at radius 1 is 1.17 bits per heavy atom. The molecular formula is C22H26FN3O3. The lowest BCUT2D eigenvalue weighted by atomic mass is 9.98. The van der Waals surface area contributed by atoms with Crippen LogP contribution in [0.2, 0.25) is 0 Å². The maximum absolute atomic E-state index is 13.6. The molecule has 1 atom stereocenters. The Balaban J connectivity index is 1.42. The Kier molecular flexibility index (Phi) is 7.05. The Bertz CT molecular complexity index is 841. The largest absolute Gasteiger partial charge is 0.481 e. The summed E-state index contributed by atoms with van der Waals surface area (Å²) in [6.07, 6.45) is 1.79. The lowest BCUT2D eigenvalue weighted by Crippen LogP contribution is -2.45. The van der Waals surface area contributed by atoms with E-state index in [0.29, 0.717) is 19.6 Å². The van der Waals surface area contributed by atoms with Gasteiger partial charge in [0.1, 0.15) is 0 Å². The lowest BCUT2D eigenvalue weighted by Gasteiger charge is -2.32. The monoisotopic (exact) mass is 399 g/mol. The molecule has 1 aliphatic rings. The number of urea groups is 1. The minimum absolute atomic E-state index is 0.0730. The quantitative estimate of drug-likeness (QED) is 0.780. The summed E-state index contributed by atoms with van der Waals surface area (Å²) < 4.78 is 18.9. The van der Waals surface area contributed by atoms with E-state index in [1.165, 1.54) is 12.1 Å². The van der Waals surface area contributed by atoms with Gasteiger partial charge in [-0.1, -0.05) is 29.8 Å². The molecule has 1 unspecified atom stereocenters. The third-order valence-corrected chi connectivity index (χ3v) is 4.92. The Morgan fingerprint density at radius 2 is 1.93 bits per heavy atom. The average molecular weight is 399 g/mol. The fourth-order valence-electron chi connectivity index (χ4n) is 3.30. The van der Waals surface area contributed by atoms with E-state index in [1.54, 1.807) is 17.0 Å². The van der Waals surface area contributed by atoms with Gasteiger partial charge in [0.25, 0.3) is 5.91 Å². The number of aryl methyl sites for hydroxylation is 1. The number of halogens is 1. The van der Waals surface area contributed by atoms with Crippen molar-refractivity contribution in [3.8, 4) is 5.75 Å². The number of piperidine rings is 1. The van der Waals surface area contributed by atoms with Gasteiger partial charge in [-0.05, 0) is 49.9 Å². The number of benzene rings is 2. The lowest BCUT2D eigenvalue weighted by molar-refractivity contribution is -0.135. The van der Waals surface area contributed by atoms with Crippen molar-refractivity contribution in [1.82, 2.24) is 10.2 Å². The van der Waals surface area contributed by atoms with Crippen molar-refractivity contribution in [2.75, 3.05) is 31.6 Å². The molecule has 0 aromatic heterocycles. The highest BCUT2D eigenvalue weighted by atomic mass is 19.1. The first-order chi connectivity index (χ1) is 14.0. The predicted octanol–water partition coefficient (Wildman–Crippen LogP) is 3.57. The molecule has 7 heteroatoms. The van der Waals surface area contributed by atoms with E-state index in [0.717, 1.165) is 24.1 Å². The normalized spacial score (nSPS) is 16.2. The molecule has 0 radical (unpaired) electrons. The van der Waals surface area contributed by atoms with Gasteiger partial charge in [-0.2, -0.15) is 0 Å². The number of para-hydroxylation sites is 1. The zero-order valence-corrected chi connectivity index (χ0v) is 16.5. The van der Waals surface area contributed by atoms with Gasteiger partial charge in [0.2, 0.25) is 0 Å². The van der Waals surface area contributed by atoms with E-state index in [-0.39, 0.29) is 30.2 Å². The number of likely N-dealkylation sites (tertiary alicyclic amines) is 1. The molecular weight excluding hydrogens is 373 g/mol. The van der Waals surface area contributed by atoms with Crippen LogP contribution in [0, 0.1) is 18.7 Å². The summed E-state index contributed by atoms with van der Waals surface area (Å²) in [7, 11) is 0. The minimum atomic E-state index is -0.486. The molecule has 2 N–H and O–H groups in total. The molecule has 3 rings (SSSR count). The molecule has 6 nitrogen and oxygen atoms in total. The van der Waals surface area contributed by atoms with Crippen molar-refractivity contribution in [2.24, 2.45) is 5.92 Å². The highest BCUT2D eigenvalue weighted by Crippen LogP contribution is 2.18. The molecule has 3 amide bonds. The number of carbonyl (C=O) groups excluding carboxylic acids is 2. The number of rotatable bonds is 6. The van der Waals surface area contributed by atoms with Crippen molar-refractivity contribution in [3.63, 3.8) is 0 Å². The number of ether oxygens (including phenoxy) is 1. The summed E-state index contributed by atoms with van der Waals surface area (Å²) in [5.41, 5.74) is 1.86. The highest BCUT2D eigenvalue weighted by molar-refractivity contribution is 5.89. The van der Waals surface area contributed by atoms with Gasteiger partial charge >= 0.3 is 6.03 Å². The Labute approximate surface area is 170 Å².